The number of nitrogens with zero attached hydrogens (tertiary/aromatic N) is 3. The SMILES string of the molecule is CC(C)(C)c1cc(-c2cc(-c3cccc(C(C)(C)c4ccccc4)c3)ccn2)[c-]c(-c2cccc3c2nc(-c2cc(C(C)(C)C)cc(-c4ccccc4)c2O)n3-c2ccc(C(C)(C)C)cc2-c2ccccc2)c1.[Pt]. The minimum Gasteiger partial charge on any atom is -0.507 e. The summed E-state index contributed by atoms with van der Waals surface area (Å²) in [5.74, 6) is 0.844. The van der Waals surface area contributed by atoms with Crippen LogP contribution in [-0.4, -0.2) is 19.6 Å². The van der Waals surface area contributed by atoms with Crippen LogP contribution in [0.1, 0.15) is 104 Å². The number of aromatic hydroxyl groups is 1. The molecule has 0 aliphatic heterocycles. The average molecular weight is 1150 g/mol. The maximum Gasteiger partial charge on any atom is 0.148 e. The molecule has 74 heavy (non-hydrogen) atoms. The molecule has 8 aromatic carbocycles. The predicted molar refractivity (Wildman–Crippen MR) is 307 cm³/mol. The summed E-state index contributed by atoms with van der Waals surface area (Å²) in [6, 6.07) is 70.7. The molecule has 0 fully saturated rings. The van der Waals surface area contributed by atoms with E-state index >= 15 is 0 Å². The smallest absolute Gasteiger partial charge is 0.148 e. The van der Waals surface area contributed by atoms with E-state index < -0.39 is 0 Å². The zero-order valence-corrected chi connectivity index (χ0v) is 46.9. The zero-order chi connectivity index (χ0) is 51.5. The summed E-state index contributed by atoms with van der Waals surface area (Å²) in [6.07, 6.45) is 1.92. The number of hydrogen-bond acceptors (Lipinski definition) is 3. The van der Waals surface area contributed by atoms with Gasteiger partial charge in [-0.3, -0.25) is 9.55 Å². The van der Waals surface area contributed by atoms with Crippen molar-refractivity contribution < 1.29 is 26.2 Å². The van der Waals surface area contributed by atoms with Gasteiger partial charge >= 0.3 is 0 Å². The largest absolute Gasteiger partial charge is 0.507 e. The van der Waals surface area contributed by atoms with Gasteiger partial charge in [-0.2, -0.15) is 0 Å². The van der Waals surface area contributed by atoms with Gasteiger partial charge in [0, 0.05) is 49.5 Å². The first-order valence-corrected chi connectivity index (χ1v) is 25.6. The van der Waals surface area contributed by atoms with Crippen molar-refractivity contribution in [2.75, 3.05) is 0 Å². The summed E-state index contributed by atoms with van der Waals surface area (Å²) in [5.41, 5.74) is 18.4. The number of para-hydroxylation sites is 1. The number of phenols is 1. The molecule has 0 radical (unpaired) electrons. The van der Waals surface area contributed by atoms with Crippen LogP contribution in [0.5, 0.6) is 5.75 Å². The molecular formula is C69H66N3OPt-. The number of benzene rings is 8. The van der Waals surface area contributed by atoms with Crippen molar-refractivity contribution in [1.82, 2.24) is 14.5 Å². The van der Waals surface area contributed by atoms with Crippen LogP contribution in [0.15, 0.2) is 194 Å². The van der Waals surface area contributed by atoms with Crippen LogP contribution in [0.2, 0.25) is 0 Å². The van der Waals surface area contributed by atoms with Crippen LogP contribution in [0, 0.1) is 6.07 Å². The van der Waals surface area contributed by atoms with Crippen molar-refractivity contribution in [3.63, 3.8) is 0 Å². The Kier molecular flexibility index (Phi) is 14.0. The number of rotatable bonds is 9. The Morgan fingerprint density at radius 2 is 0.946 bits per heavy atom. The molecule has 1 N–H and O–H groups in total. The van der Waals surface area contributed by atoms with Gasteiger partial charge < -0.3 is 5.11 Å². The molecule has 10 rings (SSSR count). The van der Waals surface area contributed by atoms with Gasteiger partial charge in [-0.25, -0.2) is 4.98 Å². The van der Waals surface area contributed by atoms with E-state index in [1.807, 2.05) is 24.4 Å². The summed E-state index contributed by atoms with van der Waals surface area (Å²) < 4.78 is 2.27. The van der Waals surface area contributed by atoms with Gasteiger partial charge in [-0.15, -0.1) is 29.3 Å². The molecule has 0 atom stereocenters. The van der Waals surface area contributed by atoms with Crippen LogP contribution >= 0.6 is 0 Å². The van der Waals surface area contributed by atoms with Crippen LogP contribution < -0.4 is 0 Å². The maximum absolute atomic E-state index is 12.7. The van der Waals surface area contributed by atoms with Crippen LogP contribution in [0.3, 0.4) is 0 Å². The molecule has 0 saturated carbocycles. The van der Waals surface area contributed by atoms with E-state index in [1.165, 1.54) is 22.3 Å². The fourth-order valence-corrected chi connectivity index (χ4v) is 10.0. The second-order valence-corrected chi connectivity index (χ2v) is 23.3. The monoisotopic (exact) mass is 1150 g/mol. The summed E-state index contributed by atoms with van der Waals surface area (Å²) >= 11 is 0. The van der Waals surface area contributed by atoms with Gasteiger partial charge in [0.15, 0.2) is 0 Å². The molecular weight excluding hydrogens is 1080 g/mol. The first kappa shape index (κ1) is 51.8. The Hall–Kier alpha value is -7.13. The third-order valence-electron chi connectivity index (χ3n) is 14.6. The van der Waals surface area contributed by atoms with E-state index in [0.717, 1.165) is 78.0 Å². The Morgan fingerprint density at radius 3 is 1.59 bits per heavy atom. The van der Waals surface area contributed by atoms with Gasteiger partial charge in [-0.1, -0.05) is 227 Å². The standard InChI is InChI=1S/C69H66N3O.Pt/c1-66(2,3)52-33-34-61(57(42-52)45-23-15-12-16-24-45)72-62-32-22-31-56(63(62)71-65(72)59-44-55(68(7,8)9)43-58(64(59)73)46-25-17-13-18-26-46)49-37-50(40-54(39-49)67(4,5)6)60-41-48(35-36-70-60)47-27-21-30-53(38-47)69(10,11)51-28-19-14-20-29-51;/h12-36,38-44,73H,1-11H3;/q-1;. The molecule has 0 unspecified atom stereocenters. The summed E-state index contributed by atoms with van der Waals surface area (Å²) in [4.78, 5) is 10.8. The quantitative estimate of drug-likeness (QED) is 0.147. The van der Waals surface area contributed by atoms with Crippen molar-refractivity contribution in [1.29, 1.82) is 0 Å². The topological polar surface area (TPSA) is 50.9 Å². The van der Waals surface area contributed by atoms with Gasteiger partial charge in [0.25, 0.3) is 0 Å². The summed E-state index contributed by atoms with van der Waals surface area (Å²) in [5, 5.41) is 12.7. The van der Waals surface area contributed by atoms with Crippen molar-refractivity contribution in [3.8, 4) is 78.6 Å². The second-order valence-electron chi connectivity index (χ2n) is 23.3. The first-order chi connectivity index (χ1) is 34.8. The number of imidazole rings is 1. The summed E-state index contributed by atoms with van der Waals surface area (Å²) in [7, 11) is 0. The van der Waals surface area contributed by atoms with Crippen LogP contribution in [0.4, 0.5) is 0 Å². The zero-order valence-electron chi connectivity index (χ0n) is 44.6. The number of pyridine rings is 1. The third kappa shape index (κ3) is 10.1. The van der Waals surface area contributed by atoms with E-state index in [4.69, 9.17) is 9.97 Å². The maximum atomic E-state index is 12.7. The Balaban J connectivity index is 0.00000672. The molecule has 2 aromatic heterocycles. The molecule has 10 aromatic rings. The first-order valence-electron chi connectivity index (χ1n) is 25.6. The fourth-order valence-electron chi connectivity index (χ4n) is 10.0. The Labute approximate surface area is 453 Å². The second kappa shape index (κ2) is 20.0. The molecule has 0 aliphatic carbocycles. The number of hydrogen-bond donors (Lipinski definition) is 1. The Bertz CT molecular complexity index is 3640. The Morgan fingerprint density at radius 1 is 0.419 bits per heavy atom. The van der Waals surface area contributed by atoms with Crippen molar-refractivity contribution in [3.05, 3.63) is 228 Å². The van der Waals surface area contributed by atoms with Gasteiger partial charge in [-0.05, 0) is 97.2 Å². The van der Waals surface area contributed by atoms with Crippen molar-refractivity contribution >= 4 is 11.0 Å². The van der Waals surface area contributed by atoms with Crippen LogP contribution in [-0.2, 0) is 42.7 Å². The normalized spacial score (nSPS) is 12.2. The molecule has 0 aliphatic rings. The minimum atomic E-state index is -0.233. The van der Waals surface area contributed by atoms with Gasteiger partial charge in [0.1, 0.15) is 11.6 Å². The van der Waals surface area contributed by atoms with E-state index in [2.05, 4.69) is 257 Å². The molecule has 4 nitrogen and oxygen atoms in total. The summed E-state index contributed by atoms with van der Waals surface area (Å²) in [6.45, 7) is 24.8. The molecule has 2 heterocycles. The van der Waals surface area contributed by atoms with Crippen LogP contribution in [0.25, 0.3) is 83.9 Å². The third-order valence-corrected chi connectivity index (χ3v) is 14.6. The molecule has 0 bridgehead atoms. The van der Waals surface area contributed by atoms with E-state index in [9.17, 15) is 5.11 Å². The number of fused-ring (bicyclic) bond motifs is 1. The van der Waals surface area contributed by atoms with E-state index in [0.29, 0.717) is 11.4 Å². The molecule has 0 saturated heterocycles. The van der Waals surface area contributed by atoms with E-state index in [1.54, 1.807) is 0 Å². The number of phenolic OH excluding ortho intramolecular Hbond substituents is 1. The molecule has 0 spiro atoms. The fraction of sp³-hybridized carbons (Fsp3) is 0.217. The number of aromatic nitrogens is 3. The minimum absolute atomic E-state index is 0. The predicted octanol–water partition coefficient (Wildman–Crippen LogP) is 18.1. The molecule has 0 amide bonds. The van der Waals surface area contributed by atoms with Gasteiger partial charge in [0.05, 0.1) is 22.3 Å². The van der Waals surface area contributed by atoms with Crippen molar-refractivity contribution in [2.24, 2.45) is 0 Å². The molecule has 5 heteroatoms. The van der Waals surface area contributed by atoms with Crippen molar-refractivity contribution in [2.45, 2.75) is 97.8 Å². The van der Waals surface area contributed by atoms with E-state index in [-0.39, 0.29) is 48.5 Å². The molecule has 374 valence electrons. The average Bonchev–Trinajstić information content (AvgIpc) is 3.78. The van der Waals surface area contributed by atoms with Gasteiger partial charge in [0.2, 0.25) is 0 Å².